The van der Waals surface area contributed by atoms with Gasteiger partial charge in [0.05, 0.1) is 23.4 Å². The van der Waals surface area contributed by atoms with Crippen molar-refractivity contribution in [2.45, 2.75) is 12.5 Å². The largest absolute Gasteiger partial charge is 0.394 e. The number of hydrogen-bond donors (Lipinski definition) is 3. The van der Waals surface area contributed by atoms with Gasteiger partial charge in [-0.25, -0.2) is 4.79 Å². The molecule has 22 heavy (non-hydrogen) atoms. The van der Waals surface area contributed by atoms with Crippen molar-refractivity contribution in [2.24, 2.45) is 0 Å². The molecule has 0 aliphatic rings. The van der Waals surface area contributed by atoms with Crippen LogP contribution in [0.1, 0.15) is 5.56 Å². The first-order valence-corrected chi connectivity index (χ1v) is 7.51. The number of benzene rings is 2. The molecule has 0 radical (unpaired) electrons. The maximum Gasteiger partial charge on any atom is 0.319 e. The summed E-state index contributed by atoms with van der Waals surface area (Å²) >= 11 is 11.9. The van der Waals surface area contributed by atoms with Gasteiger partial charge in [-0.05, 0) is 30.2 Å². The van der Waals surface area contributed by atoms with Gasteiger partial charge in [0.1, 0.15) is 0 Å². The van der Waals surface area contributed by atoms with Crippen LogP contribution in [0, 0.1) is 0 Å². The lowest BCUT2D eigenvalue weighted by Crippen LogP contribution is -2.41. The number of aliphatic hydroxyl groups excluding tert-OH is 1. The summed E-state index contributed by atoms with van der Waals surface area (Å²) in [4.78, 5) is 12.0. The highest BCUT2D eigenvalue weighted by Gasteiger charge is 2.13. The third-order valence-electron chi connectivity index (χ3n) is 3.06. The van der Waals surface area contributed by atoms with Crippen molar-refractivity contribution in [2.75, 3.05) is 11.9 Å². The lowest BCUT2D eigenvalue weighted by molar-refractivity contribution is 0.224. The van der Waals surface area contributed by atoms with Crippen molar-refractivity contribution in [1.29, 1.82) is 0 Å². The van der Waals surface area contributed by atoms with Gasteiger partial charge in [0.15, 0.2) is 0 Å². The highest BCUT2D eigenvalue weighted by molar-refractivity contribution is 6.35. The zero-order valence-corrected chi connectivity index (χ0v) is 13.2. The van der Waals surface area contributed by atoms with Gasteiger partial charge in [-0.15, -0.1) is 0 Å². The average Bonchev–Trinajstić information content (AvgIpc) is 2.51. The Hall–Kier alpha value is -1.75. The molecule has 2 amide bonds. The van der Waals surface area contributed by atoms with E-state index in [1.54, 1.807) is 18.2 Å². The van der Waals surface area contributed by atoms with E-state index in [1.807, 2.05) is 30.3 Å². The summed E-state index contributed by atoms with van der Waals surface area (Å²) in [5, 5.41) is 15.6. The van der Waals surface area contributed by atoms with Crippen LogP contribution < -0.4 is 10.6 Å². The lowest BCUT2D eigenvalue weighted by atomic mass is 10.1. The van der Waals surface area contributed by atoms with E-state index < -0.39 is 6.03 Å². The van der Waals surface area contributed by atoms with Gasteiger partial charge in [-0.3, -0.25) is 0 Å². The second-order valence-corrected chi connectivity index (χ2v) is 5.64. The number of anilines is 1. The molecule has 2 rings (SSSR count). The zero-order chi connectivity index (χ0) is 15.9. The van der Waals surface area contributed by atoms with Crippen LogP contribution in [0.5, 0.6) is 0 Å². The normalized spacial score (nSPS) is 11.8. The van der Waals surface area contributed by atoms with Crippen LogP contribution in [0.15, 0.2) is 48.5 Å². The number of nitrogens with one attached hydrogen (secondary N) is 2. The third kappa shape index (κ3) is 4.91. The van der Waals surface area contributed by atoms with Crippen LogP contribution in [0.25, 0.3) is 0 Å². The SMILES string of the molecule is O=C(Nc1cc(Cl)ccc1Cl)NC(CO)Cc1ccccc1. The number of halogens is 2. The number of hydrogen-bond acceptors (Lipinski definition) is 2. The average molecular weight is 339 g/mol. The van der Waals surface area contributed by atoms with E-state index in [-0.39, 0.29) is 12.6 Å². The molecule has 3 N–H and O–H groups in total. The Labute approximate surface area is 139 Å². The van der Waals surface area contributed by atoms with E-state index in [2.05, 4.69) is 10.6 Å². The van der Waals surface area contributed by atoms with E-state index in [9.17, 15) is 9.90 Å². The predicted molar refractivity (Wildman–Crippen MR) is 89.6 cm³/mol. The van der Waals surface area contributed by atoms with Crippen molar-refractivity contribution in [3.63, 3.8) is 0 Å². The smallest absolute Gasteiger partial charge is 0.319 e. The standard InChI is InChI=1S/C16H16Cl2N2O2/c17-12-6-7-14(18)15(9-12)20-16(22)19-13(10-21)8-11-4-2-1-3-5-11/h1-7,9,13,21H,8,10H2,(H2,19,20,22). The second-order valence-electron chi connectivity index (χ2n) is 4.79. The monoisotopic (exact) mass is 338 g/mol. The lowest BCUT2D eigenvalue weighted by Gasteiger charge is -2.17. The predicted octanol–water partition coefficient (Wildman–Crippen LogP) is 3.72. The molecule has 0 aliphatic heterocycles. The fourth-order valence-electron chi connectivity index (χ4n) is 2.00. The summed E-state index contributed by atoms with van der Waals surface area (Å²) in [6, 6.07) is 13.6. The van der Waals surface area contributed by atoms with E-state index in [1.165, 1.54) is 0 Å². The van der Waals surface area contributed by atoms with Crippen LogP contribution in [-0.2, 0) is 6.42 Å². The molecule has 116 valence electrons. The summed E-state index contributed by atoms with van der Waals surface area (Å²) < 4.78 is 0. The van der Waals surface area contributed by atoms with Gasteiger partial charge in [-0.1, -0.05) is 53.5 Å². The van der Waals surface area contributed by atoms with E-state index in [0.717, 1.165) is 5.56 Å². The minimum absolute atomic E-state index is 0.161. The van der Waals surface area contributed by atoms with Gasteiger partial charge in [0, 0.05) is 5.02 Å². The van der Waals surface area contributed by atoms with Crippen molar-refractivity contribution in [3.8, 4) is 0 Å². The zero-order valence-electron chi connectivity index (χ0n) is 11.7. The van der Waals surface area contributed by atoms with Crippen molar-refractivity contribution in [1.82, 2.24) is 5.32 Å². The van der Waals surface area contributed by atoms with E-state index in [4.69, 9.17) is 23.2 Å². The molecule has 0 heterocycles. The molecule has 0 saturated heterocycles. The topological polar surface area (TPSA) is 61.4 Å². The molecule has 2 aromatic carbocycles. The molecule has 0 spiro atoms. The van der Waals surface area contributed by atoms with E-state index in [0.29, 0.717) is 22.2 Å². The van der Waals surface area contributed by atoms with Crippen LogP contribution in [0.2, 0.25) is 10.0 Å². The highest BCUT2D eigenvalue weighted by atomic mass is 35.5. The molecule has 0 aromatic heterocycles. The van der Waals surface area contributed by atoms with Crippen LogP contribution >= 0.6 is 23.2 Å². The van der Waals surface area contributed by atoms with Gasteiger partial charge in [-0.2, -0.15) is 0 Å². The van der Waals surface area contributed by atoms with Gasteiger partial charge in [0.25, 0.3) is 0 Å². The van der Waals surface area contributed by atoms with Crippen molar-refractivity contribution >= 4 is 34.9 Å². The molecule has 0 bridgehead atoms. The Balaban J connectivity index is 1.96. The Morgan fingerprint density at radius 1 is 1.14 bits per heavy atom. The molecule has 4 nitrogen and oxygen atoms in total. The Morgan fingerprint density at radius 3 is 2.55 bits per heavy atom. The van der Waals surface area contributed by atoms with E-state index >= 15 is 0 Å². The van der Waals surface area contributed by atoms with Gasteiger partial charge < -0.3 is 15.7 Å². The highest BCUT2D eigenvalue weighted by Crippen LogP contribution is 2.25. The Bertz CT molecular complexity index is 635. The molecule has 1 unspecified atom stereocenters. The molecule has 0 fully saturated rings. The second kappa shape index (κ2) is 8.03. The Kier molecular flexibility index (Phi) is 6.07. The summed E-state index contributed by atoms with van der Waals surface area (Å²) in [5.41, 5.74) is 1.45. The molecular weight excluding hydrogens is 323 g/mol. The maximum atomic E-state index is 12.0. The minimum Gasteiger partial charge on any atom is -0.394 e. The fraction of sp³-hybridized carbons (Fsp3) is 0.188. The number of rotatable bonds is 5. The molecular formula is C16H16Cl2N2O2. The number of aliphatic hydroxyl groups is 1. The van der Waals surface area contributed by atoms with Crippen LogP contribution in [0.4, 0.5) is 10.5 Å². The number of urea groups is 1. The summed E-state index contributed by atoms with van der Waals surface area (Å²) in [6.07, 6.45) is 0.536. The number of amides is 2. The minimum atomic E-state index is -0.445. The third-order valence-corrected chi connectivity index (χ3v) is 3.62. The van der Waals surface area contributed by atoms with Crippen molar-refractivity contribution < 1.29 is 9.90 Å². The quantitative estimate of drug-likeness (QED) is 0.778. The number of carbonyl (C=O) groups is 1. The molecule has 0 saturated carbocycles. The summed E-state index contributed by atoms with van der Waals surface area (Å²) in [7, 11) is 0. The first kappa shape index (κ1) is 16.6. The van der Waals surface area contributed by atoms with Crippen molar-refractivity contribution in [3.05, 3.63) is 64.1 Å². The first-order chi connectivity index (χ1) is 10.6. The summed E-state index contributed by atoms with van der Waals surface area (Å²) in [5.74, 6) is 0. The van der Waals surface area contributed by atoms with Gasteiger partial charge in [0.2, 0.25) is 0 Å². The fourth-order valence-corrected chi connectivity index (χ4v) is 2.33. The summed E-state index contributed by atoms with van der Waals surface area (Å²) in [6.45, 7) is -0.161. The molecule has 6 heteroatoms. The molecule has 0 aliphatic carbocycles. The first-order valence-electron chi connectivity index (χ1n) is 6.76. The van der Waals surface area contributed by atoms with Crippen LogP contribution in [-0.4, -0.2) is 23.8 Å². The molecule has 2 aromatic rings. The van der Waals surface area contributed by atoms with Gasteiger partial charge >= 0.3 is 6.03 Å². The molecule has 1 atom stereocenters. The Morgan fingerprint density at radius 2 is 1.86 bits per heavy atom. The number of carbonyl (C=O) groups excluding carboxylic acids is 1. The maximum absolute atomic E-state index is 12.0. The van der Waals surface area contributed by atoms with Crippen LogP contribution in [0.3, 0.4) is 0 Å².